The van der Waals surface area contributed by atoms with Crippen LogP contribution in [-0.4, -0.2) is 65.2 Å². The Morgan fingerprint density at radius 3 is 1.65 bits per heavy atom. The topological polar surface area (TPSA) is 71.1 Å². The number of carbonyl (C=O) groups is 2. The molecule has 0 aliphatic rings. The summed E-state index contributed by atoms with van der Waals surface area (Å²) in [7, 11) is 2.10. The number of ether oxygens (including phenoxy) is 4. The van der Waals surface area contributed by atoms with Gasteiger partial charge in [0.25, 0.3) is 0 Å². The van der Waals surface area contributed by atoms with E-state index in [1.165, 1.54) is 18.3 Å². The summed E-state index contributed by atoms with van der Waals surface area (Å²) < 4.78 is 22.7. The number of allylic oxidation sites excluding steroid dienone is 2. The van der Waals surface area contributed by atoms with Gasteiger partial charge in [0.15, 0.2) is 17.3 Å². The Morgan fingerprint density at radius 1 is 0.750 bits per heavy atom. The molecule has 0 saturated carbocycles. The van der Waals surface area contributed by atoms with Gasteiger partial charge in [-0.15, -0.1) is 0 Å². The first-order chi connectivity index (χ1) is 19.0. The van der Waals surface area contributed by atoms with E-state index in [1.54, 1.807) is 26.4 Å². The molecule has 0 N–H and O–H groups in total. The van der Waals surface area contributed by atoms with Crippen LogP contribution in [0.2, 0.25) is 0 Å². The van der Waals surface area contributed by atoms with Crippen LogP contribution in [0.5, 0.6) is 23.0 Å². The largest absolute Gasteiger partial charge is 0.490 e. The average Bonchev–Trinajstić information content (AvgIpc) is 2.91. The molecule has 6 nitrogen and oxygen atoms in total. The number of hydrogen-bond acceptors (Lipinski definition) is 6. The predicted molar refractivity (Wildman–Crippen MR) is 169 cm³/mol. The van der Waals surface area contributed by atoms with Crippen molar-refractivity contribution < 1.29 is 28.5 Å². The van der Waals surface area contributed by atoms with Gasteiger partial charge < -0.3 is 9.47 Å². The molecule has 0 amide bonds. The number of methoxy groups -OCH3 is 2. The van der Waals surface area contributed by atoms with Gasteiger partial charge in [0, 0.05) is 0 Å². The monoisotopic (exact) mass is 570 g/mol. The molecule has 0 heterocycles. The van der Waals surface area contributed by atoms with E-state index in [9.17, 15) is 9.59 Å². The van der Waals surface area contributed by atoms with Gasteiger partial charge in [-0.3, -0.25) is 4.79 Å². The summed E-state index contributed by atoms with van der Waals surface area (Å²) >= 11 is 0. The zero-order valence-electron chi connectivity index (χ0n) is 25.3. The van der Waals surface area contributed by atoms with Crippen molar-refractivity contribution in [2.75, 3.05) is 53.6 Å². The summed E-state index contributed by atoms with van der Waals surface area (Å²) in [6.45, 7) is 12.7. The molecule has 0 atom stereocenters. The van der Waals surface area contributed by atoms with Gasteiger partial charge in [0.1, 0.15) is 0 Å². The van der Waals surface area contributed by atoms with Crippen molar-refractivity contribution in [2.24, 2.45) is 5.92 Å². The average molecular weight is 571 g/mol. The molecule has 7 heteroatoms. The van der Waals surface area contributed by atoms with E-state index in [4.69, 9.17) is 18.9 Å². The molecule has 2 aromatic carbocycles. The fraction of sp³-hybridized carbons (Fsp3) is 0.455. The van der Waals surface area contributed by atoms with Crippen molar-refractivity contribution in [2.45, 2.75) is 39.5 Å². The zero-order valence-corrected chi connectivity index (χ0v) is 26.3. The molecule has 0 aliphatic heterocycles. The maximum absolute atomic E-state index is 12.4. The van der Waals surface area contributed by atoms with E-state index in [0.29, 0.717) is 42.1 Å². The second-order valence-electron chi connectivity index (χ2n) is 11.5. The Bertz CT molecular complexity index is 1160. The molecule has 0 bridgehead atoms. The van der Waals surface area contributed by atoms with Gasteiger partial charge in [-0.25, -0.2) is 0 Å². The van der Waals surface area contributed by atoms with Crippen molar-refractivity contribution in [1.29, 1.82) is 0 Å². The fourth-order valence-electron chi connectivity index (χ4n) is 3.94. The second-order valence-corrected chi connectivity index (χ2v) is 17.1. The smallest absolute Gasteiger partial charge is 0.161 e. The third-order valence-corrected chi connectivity index (χ3v) is 8.01. The summed E-state index contributed by atoms with van der Waals surface area (Å²) in [6, 6.07) is 11.1. The molecule has 0 radical (unpaired) electrons. The van der Waals surface area contributed by atoms with Crippen molar-refractivity contribution in [3.8, 4) is 23.0 Å². The minimum absolute atomic E-state index is 0.212. The summed E-state index contributed by atoms with van der Waals surface area (Å²) in [5.41, 5.74) is 1.58. The van der Waals surface area contributed by atoms with Crippen LogP contribution in [0.1, 0.15) is 50.7 Å². The summed E-state index contributed by atoms with van der Waals surface area (Å²) in [4.78, 5) is 24.8. The van der Waals surface area contributed by atoms with E-state index < -0.39 is 7.26 Å². The zero-order chi connectivity index (χ0) is 29.5. The Labute approximate surface area is 241 Å². The van der Waals surface area contributed by atoms with Crippen LogP contribution >= 0.6 is 7.26 Å². The second kappa shape index (κ2) is 16.9. The minimum Gasteiger partial charge on any atom is -0.490 e. The third kappa shape index (κ3) is 12.8. The Kier molecular flexibility index (Phi) is 14.0. The molecule has 2 aromatic rings. The molecule has 2 rings (SSSR count). The van der Waals surface area contributed by atoms with Crippen LogP contribution in [0, 0.1) is 5.92 Å². The van der Waals surface area contributed by atoms with Crippen molar-refractivity contribution in [3.05, 3.63) is 59.7 Å². The Morgan fingerprint density at radius 2 is 1.23 bits per heavy atom. The molecule has 0 spiro atoms. The van der Waals surface area contributed by atoms with E-state index in [2.05, 4.69) is 33.8 Å². The van der Waals surface area contributed by atoms with Crippen molar-refractivity contribution >= 4 is 31.0 Å². The SMILES string of the molecule is COc1cc(/C=C/C(=O)CC(=O)/C=C/c2ccc(OCCC[PH](C)(C)C)c(OC)c2)ccc1OCCCC(C)C. The molecule has 0 aromatic heterocycles. The van der Waals surface area contributed by atoms with E-state index in [0.717, 1.165) is 30.4 Å². The van der Waals surface area contributed by atoms with Crippen molar-refractivity contribution in [3.63, 3.8) is 0 Å². The molecule has 0 saturated heterocycles. The maximum Gasteiger partial charge on any atom is 0.161 e. The van der Waals surface area contributed by atoms with Gasteiger partial charge in [-0.05, 0) is 42.5 Å². The predicted octanol–water partition coefficient (Wildman–Crippen LogP) is 7.18. The fourth-order valence-corrected chi connectivity index (χ4v) is 5.15. The minimum atomic E-state index is -1.09. The van der Waals surface area contributed by atoms with Gasteiger partial charge in [-0.2, -0.15) is 0 Å². The summed E-state index contributed by atoms with van der Waals surface area (Å²) in [6.07, 6.45) is 10.3. The number of ketones is 2. The van der Waals surface area contributed by atoms with Crippen LogP contribution in [0.4, 0.5) is 0 Å². The standard InChI is InChI=1S/C33H47O6P/c1-25(2)10-8-19-38-30-17-13-26(22-32(30)36-3)11-15-28(34)24-29(35)16-12-27-14-18-31(33(23-27)37-4)39-20-9-21-40(5,6)7/h11-18,22-23,25,40H,8-10,19-21,24H2,1-7H3/b15-11+,16-12+. The number of benzene rings is 2. The van der Waals surface area contributed by atoms with Gasteiger partial charge in [-0.1, -0.05) is 26.0 Å². The van der Waals surface area contributed by atoms with E-state index >= 15 is 0 Å². The van der Waals surface area contributed by atoms with E-state index in [-0.39, 0.29) is 18.0 Å². The molecular formula is C33H47O6P. The van der Waals surface area contributed by atoms with Crippen LogP contribution in [0.15, 0.2) is 48.6 Å². The van der Waals surface area contributed by atoms with Crippen LogP contribution in [0.25, 0.3) is 12.2 Å². The van der Waals surface area contributed by atoms with Crippen LogP contribution in [0.3, 0.4) is 0 Å². The number of rotatable bonds is 18. The molecule has 0 unspecified atom stereocenters. The van der Waals surface area contributed by atoms with Gasteiger partial charge >= 0.3 is 127 Å². The molecule has 40 heavy (non-hydrogen) atoms. The first-order valence-electron chi connectivity index (χ1n) is 14.0. The molecule has 0 fully saturated rings. The Balaban J connectivity index is 1.89. The van der Waals surface area contributed by atoms with E-state index in [1.807, 2.05) is 36.4 Å². The number of hydrogen-bond donors (Lipinski definition) is 0. The Hall–Kier alpha value is -3.11. The first kappa shape index (κ1) is 33.1. The summed E-state index contributed by atoms with van der Waals surface area (Å²) in [5, 5.41) is 0. The summed E-state index contributed by atoms with van der Waals surface area (Å²) in [5.74, 6) is 2.67. The van der Waals surface area contributed by atoms with Gasteiger partial charge in [0.2, 0.25) is 0 Å². The normalized spacial score (nSPS) is 12.2. The molecule has 0 aliphatic carbocycles. The quantitative estimate of drug-likeness (QED) is 0.0818. The molecular weight excluding hydrogens is 523 g/mol. The van der Waals surface area contributed by atoms with Crippen LogP contribution in [-0.2, 0) is 9.59 Å². The third-order valence-electron chi connectivity index (χ3n) is 6.16. The maximum atomic E-state index is 12.4. The number of carbonyl (C=O) groups excluding carboxylic acids is 2. The van der Waals surface area contributed by atoms with Gasteiger partial charge in [0.05, 0.1) is 13.7 Å². The van der Waals surface area contributed by atoms with Crippen molar-refractivity contribution in [1.82, 2.24) is 0 Å². The van der Waals surface area contributed by atoms with Crippen LogP contribution < -0.4 is 18.9 Å². The first-order valence-corrected chi connectivity index (χ1v) is 17.7. The molecule has 220 valence electrons.